The molecule has 1 unspecified atom stereocenters. The van der Waals surface area contributed by atoms with E-state index in [1.54, 1.807) is 0 Å². The Hall–Kier alpha value is -0.980. The molecule has 6 heteroatoms. The fourth-order valence-electron chi connectivity index (χ4n) is 2.52. The van der Waals surface area contributed by atoms with Crippen LogP contribution in [0.5, 0.6) is 0 Å². The highest BCUT2D eigenvalue weighted by Gasteiger charge is 2.30. The van der Waals surface area contributed by atoms with Gasteiger partial charge in [0.25, 0.3) is 0 Å². The number of unbranched alkanes of at least 4 members (excludes halogenated alkanes) is 2. The number of rotatable bonds is 10. The van der Waals surface area contributed by atoms with Gasteiger partial charge in [0, 0.05) is 0 Å². The van der Waals surface area contributed by atoms with Gasteiger partial charge in [-0.05, 0) is 24.5 Å². The van der Waals surface area contributed by atoms with Crippen molar-refractivity contribution in [1.82, 2.24) is 4.72 Å². The largest absolute Gasteiger partial charge is 0.391 e. The van der Waals surface area contributed by atoms with Crippen molar-refractivity contribution in [2.75, 3.05) is 0 Å². The summed E-state index contributed by atoms with van der Waals surface area (Å²) >= 11 is 0. The highest BCUT2D eigenvalue weighted by atomic mass is 32.2. The van der Waals surface area contributed by atoms with E-state index in [9.17, 15) is 17.9 Å². The zero-order valence-corrected chi connectivity index (χ0v) is 14.9. The van der Waals surface area contributed by atoms with Gasteiger partial charge in [0.2, 0.25) is 10.0 Å². The summed E-state index contributed by atoms with van der Waals surface area (Å²) in [5.41, 5.74) is 0. The number of hydrogen-bond donors (Lipinski definition) is 2. The molecule has 0 fully saturated rings. The molecule has 0 aliphatic rings. The summed E-state index contributed by atoms with van der Waals surface area (Å²) in [5.74, 6) is -0.837. The first kappa shape index (κ1) is 20.1. The molecule has 1 aromatic rings. The Bertz CT molecular complexity index is 577. The van der Waals surface area contributed by atoms with Crippen LogP contribution in [0.15, 0.2) is 29.2 Å². The second-order valence-corrected chi connectivity index (χ2v) is 7.71. The molecular weight excluding hydrogens is 317 g/mol. The summed E-state index contributed by atoms with van der Waals surface area (Å²) in [6, 6.07) is 4.65. The zero-order chi connectivity index (χ0) is 17.5. The maximum Gasteiger partial charge on any atom is 0.243 e. The minimum absolute atomic E-state index is 0.0480. The molecule has 2 N–H and O–H groups in total. The summed E-state index contributed by atoms with van der Waals surface area (Å²) < 4.78 is 41.2. The second-order valence-electron chi connectivity index (χ2n) is 6.03. The molecule has 1 rings (SSSR count). The summed E-state index contributed by atoms with van der Waals surface area (Å²) in [6.07, 6.45) is 3.33. The summed E-state index contributed by atoms with van der Waals surface area (Å²) in [4.78, 5) is -0.380. The smallest absolute Gasteiger partial charge is 0.243 e. The second kappa shape index (κ2) is 9.35. The zero-order valence-electron chi connectivity index (χ0n) is 14.1. The van der Waals surface area contributed by atoms with E-state index in [0.29, 0.717) is 6.42 Å². The molecule has 0 amide bonds. The van der Waals surface area contributed by atoms with Crippen molar-refractivity contribution in [2.24, 2.45) is 5.92 Å². The lowest BCUT2D eigenvalue weighted by Gasteiger charge is -2.29. The molecule has 0 aromatic heterocycles. The number of nitrogens with one attached hydrogen (secondary N) is 1. The maximum absolute atomic E-state index is 13.8. The first-order valence-electron chi connectivity index (χ1n) is 8.28. The minimum atomic E-state index is -4.01. The Kier molecular flexibility index (Phi) is 8.16. The molecule has 132 valence electrons. The fourth-order valence-corrected chi connectivity index (χ4v) is 3.97. The third-order valence-corrected chi connectivity index (χ3v) is 5.68. The van der Waals surface area contributed by atoms with Crippen molar-refractivity contribution in [3.63, 3.8) is 0 Å². The number of halogens is 1. The van der Waals surface area contributed by atoms with Crippen molar-refractivity contribution in [1.29, 1.82) is 0 Å². The first-order chi connectivity index (χ1) is 10.8. The van der Waals surface area contributed by atoms with E-state index in [1.165, 1.54) is 18.2 Å². The van der Waals surface area contributed by atoms with Crippen LogP contribution in [0, 0.1) is 11.7 Å². The third kappa shape index (κ3) is 5.86. The molecule has 1 aromatic carbocycles. The summed E-state index contributed by atoms with van der Waals surface area (Å²) in [6.45, 7) is 5.89. The van der Waals surface area contributed by atoms with Gasteiger partial charge in [-0.2, -0.15) is 0 Å². The molecule has 0 aliphatic heterocycles. The molecule has 0 radical (unpaired) electrons. The number of hydrogen-bond acceptors (Lipinski definition) is 3. The molecular formula is C17H28FNO3S. The first-order valence-corrected chi connectivity index (χ1v) is 9.76. The van der Waals surface area contributed by atoms with Gasteiger partial charge in [-0.15, -0.1) is 0 Å². The van der Waals surface area contributed by atoms with Crippen LogP contribution in [0.25, 0.3) is 0 Å². The van der Waals surface area contributed by atoms with Crippen LogP contribution in [0.3, 0.4) is 0 Å². The van der Waals surface area contributed by atoms with Crippen molar-refractivity contribution in [2.45, 2.75) is 69.9 Å². The quantitative estimate of drug-likeness (QED) is 0.638. The van der Waals surface area contributed by atoms with Crippen molar-refractivity contribution in [3.05, 3.63) is 30.1 Å². The topological polar surface area (TPSA) is 66.4 Å². The molecule has 0 bridgehead atoms. The monoisotopic (exact) mass is 345 g/mol. The number of benzene rings is 1. The average Bonchev–Trinajstić information content (AvgIpc) is 2.52. The lowest BCUT2D eigenvalue weighted by Crippen LogP contribution is -2.47. The highest BCUT2D eigenvalue weighted by Crippen LogP contribution is 2.20. The Labute approximate surface area is 139 Å². The summed E-state index contributed by atoms with van der Waals surface area (Å²) in [5, 5.41) is 10.4. The van der Waals surface area contributed by atoms with Crippen molar-refractivity contribution in [3.8, 4) is 0 Å². The standard InChI is InChI=1S/C17H28FNO3S/c1-4-6-7-11-15(20)17(13(3)5-2)19-23(21,22)16-12-9-8-10-14(16)18/h8-10,12-13,15,17,19-20H,4-7,11H2,1-3H3/t13-,15?,17-/m0/s1. The van der Waals surface area contributed by atoms with E-state index in [1.807, 2.05) is 13.8 Å². The lowest BCUT2D eigenvalue weighted by atomic mass is 9.92. The predicted molar refractivity (Wildman–Crippen MR) is 90.1 cm³/mol. The predicted octanol–water partition coefficient (Wildman–Crippen LogP) is 3.46. The molecule has 0 saturated carbocycles. The molecule has 0 aliphatic carbocycles. The Morgan fingerprint density at radius 3 is 2.43 bits per heavy atom. The van der Waals surface area contributed by atoms with Gasteiger partial charge in [-0.25, -0.2) is 17.5 Å². The van der Waals surface area contributed by atoms with E-state index in [4.69, 9.17) is 0 Å². The number of aliphatic hydroxyl groups is 1. The van der Waals surface area contributed by atoms with E-state index >= 15 is 0 Å². The van der Waals surface area contributed by atoms with Crippen LogP contribution in [-0.2, 0) is 10.0 Å². The SMILES string of the molecule is CCCCCC(O)[C@@H](NS(=O)(=O)c1ccccc1F)[C@@H](C)CC. The maximum atomic E-state index is 13.8. The molecule has 4 nitrogen and oxygen atoms in total. The van der Waals surface area contributed by atoms with Gasteiger partial charge in [0.15, 0.2) is 0 Å². The van der Waals surface area contributed by atoms with E-state index in [2.05, 4.69) is 11.6 Å². The molecule has 3 atom stereocenters. The van der Waals surface area contributed by atoms with E-state index < -0.39 is 28.0 Å². The number of aliphatic hydroxyl groups excluding tert-OH is 1. The Morgan fingerprint density at radius 2 is 1.87 bits per heavy atom. The average molecular weight is 345 g/mol. The van der Waals surface area contributed by atoms with Crippen LogP contribution in [0.4, 0.5) is 4.39 Å². The molecule has 0 saturated heterocycles. The van der Waals surface area contributed by atoms with Crippen LogP contribution < -0.4 is 4.72 Å². The molecule has 23 heavy (non-hydrogen) atoms. The fraction of sp³-hybridized carbons (Fsp3) is 0.647. The van der Waals surface area contributed by atoms with Gasteiger partial charge in [0.1, 0.15) is 10.7 Å². The van der Waals surface area contributed by atoms with Crippen LogP contribution >= 0.6 is 0 Å². The van der Waals surface area contributed by atoms with Crippen LogP contribution in [0.2, 0.25) is 0 Å². The Balaban J connectivity index is 2.94. The minimum Gasteiger partial charge on any atom is -0.391 e. The normalized spacial score (nSPS) is 16.0. The van der Waals surface area contributed by atoms with Gasteiger partial charge in [-0.1, -0.05) is 58.6 Å². The molecule has 0 heterocycles. The van der Waals surface area contributed by atoms with Gasteiger partial charge < -0.3 is 5.11 Å². The van der Waals surface area contributed by atoms with Crippen LogP contribution in [-0.4, -0.2) is 25.7 Å². The number of sulfonamides is 1. The van der Waals surface area contributed by atoms with E-state index in [0.717, 1.165) is 31.7 Å². The summed E-state index contributed by atoms with van der Waals surface area (Å²) in [7, 11) is -4.01. The van der Waals surface area contributed by atoms with E-state index in [-0.39, 0.29) is 10.8 Å². The lowest BCUT2D eigenvalue weighted by molar-refractivity contribution is 0.100. The van der Waals surface area contributed by atoms with Crippen molar-refractivity contribution >= 4 is 10.0 Å². The van der Waals surface area contributed by atoms with Crippen LogP contribution in [0.1, 0.15) is 52.9 Å². The molecule has 0 spiro atoms. The van der Waals surface area contributed by atoms with Gasteiger partial charge in [0.05, 0.1) is 12.1 Å². The van der Waals surface area contributed by atoms with Crippen molar-refractivity contribution < 1.29 is 17.9 Å². The highest BCUT2D eigenvalue weighted by molar-refractivity contribution is 7.89. The Morgan fingerprint density at radius 1 is 1.22 bits per heavy atom. The third-order valence-electron chi connectivity index (χ3n) is 4.19. The van der Waals surface area contributed by atoms with Gasteiger partial charge in [-0.3, -0.25) is 0 Å². The van der Waals surface area contributed by atoms with Gasteiger partial charge >= 0.3 is 0 Å².